The van der Waals surface area contributed by atoms with Crippen LogP contribution in [0.4, 0.5) is 0 Å². The van der Waals surface area contributed by atoms with Gasteiger partial charge in [0.25, 0.3) is 0 Å². The van der Waals surface area contributed by atoms with E-state index in [4.69, 9.17) is 9.78 Å². The Bertz CT molecular complexity index is 406. The van der Waals surface area contributed by atoms with Crippen molar-refractivity contribution in [3.05, 3.63) is 41.5 Å². The van der Waals surface area contributed by atoms with Gasteiger partial charge < -0.3 is 0 Å². The maximum atomic E-state index is 11.7. The Labute approximate surface area is 108 Å². The number of carbonyl (C=O) groups excluding carboxylic acids is 1. The fourth-order valence-corrected chi connectivity index (χ4v) is 2.08. The van der Waals surface area contributed by atoms with E-state index in [1.54, 1.807) is 12.1 Å². The van der Waals surface area contributed by atoms with Gasteiger partial charge in [0, 0.05) is 0 Å². The summed E-state index contributed by atoms with van der Waals surface area (Å²) in [7, 11) is 0. The molecule has 0 N–H and O–H groups in total. The summed E-state index contributed by atoms with van der Waals surface area (Å²) in [6.07, 6.45) is 4.88. The first-order chi connectivity index (χ1) is 8.65. The molecular weight excluding hydrogens is 228 g/mol. The molecule has 1 saturated carbocycles. The number of hydrogen-bond donors (Lipinski definition) is 0. The minimum Gasteiger partial charge on any atom is -0.292 e. The lowest BCUT2D eigenvalue weighted by Gasteiger charge is -2.23. The standard InChI is InChI=1S/C15H19O3/c1-11-6-8-14(9-7-11)17-18-15(16)13-5-3-4-12(2)10-13/h3-5,10-11H,6-9H2,1-2H3. The quantitative estimate of drug-likeness (QED) is 0.601. The van der Waals surface area contributed by atoms with Gasteiger partial charge in [-0.1, -0.05) is 24.6 Å². The Balaban J connectivity index is 1.81. The van der Waals surface area contributed by atoms with E-state index in [0.717, 1.165) is 43.3 Å². The van der Waals surface area contributed by atoms with Crippen molar-refractivity contribution in [2.24, 2.45) is 5.92 Å². The summed E-state index contributed by atoms with van der Waals surface area (Å²) in [5, 5.41) is 0. The second kappa shape index (κ2) is 6.01. The molecule has 0 saturated heterocycles. The third kappa shape index (κ3) is 3.57. The van der Waals surface area contributed by atoms with Gasteiger partial charge in [0.05, 0.1) is 5.56 Å². The van der Waals surface area contributed by atoms with Crippen LogP contribution in [0, 0.1) is 18.9 Å². The van der Waals surface area contributed by atoms with Gasteiger partial charge in [-0.3, -0.25) is 4.89 Å². The van der Waals surface area contributed by atoms with Crippen LogP contribution in [0.2, 0.25) is 0 Å². The molecule has 1 aromatic rings. The molecule has 0 unspecified atom stereocenters. The molecule has 1 fully saturated rings. The molecule has 97 valence electrons. The molecule has 1 radical (unpaired) electrons. The fraction of sp³-hybridized carbons (Fsp3) is 0.467. The Morgan fingerprint density at radius 2 is 2.00 bits per heavy atom. The Hall–Kier alpha value is -1.35. The van der Waals surface area contributed by atoms with Crippen molar-refractivity contribution in [1.82, 2.24) is 0 Å². The second-order valence-corrected chi connectivity index (χ2v) is 5.04. The maximum Gasteiger partial charge on any atom is 0.373 e. The molecule has 0 spiro atoms. The van der Waals surface area contributed by atoms with Gasteiger partial charge in [0.1, 0.15) is 6.10 Å². The molecule has 0 aromatic heterocycles. The number of carbonyl (C=O) groups is 1. The van der Waals surface area contributed by atoms with Crippen LogP contribution in [0.1, 0.15) is 48.5 Å². The highest BCUT2D eigenvalue weighted by molar-refractivity contribution is 5.89. The van der Waals surface area contributed by atoms with Crippen LogP contribution in [0.3, 0.4) is 0 Å². The largest absolute Gasteiger partial charge is 0.373 e. The topological polar surface area (TPSA) is 35.5 Å². The molecule has 3 heteroatoms. The van der Waals surface area contributed by atoms with Crippen LogP contribution >= 0.6 is 0 Å². The summed E-state index contributed by atoms with van der Waals surface area (Å²) in [5.74, 6) is 0.314. The zero-order valence-corrected chi connectivity index (χ0v) is 10.9. The smallest absolute Gasteiger partial charge is 0.292 e. The van der Waals surface area contributed by atoms with Crippen molar-refractivity contribution in [3.63, 3.8) is 0 Å². The van der Waals surface area contributed by atoms with E-state index in [1.165, 1.54) is 0 Å². The SMILES string of the molecule is Cc1cccc(C(=O)OO[C]2CCC(C)CC2)c1. The molecular formula is C15H19O3. The van der Waals surface area contributed by atoms with Crippen LogP contribution in [0.5, 0.6) is 0 Å². The molecule has 0 heterocycles. The van der Waals surface area contributed by atoms with E-state index >= 15 is 0 Å². The lowest BCUT2D eigenvalue weighted by Crippen LogP contribution is -2.16. The first-order valence-electron chi connectivity index (χ1n) is 6.45. The van der Waals surface area contributed by atoms with Gasteiger partial charge in [0.15, 0.2) is 0 Å². The molecule has 2 rings (SSSR count). The monoisotopic (exact) mass is 247 g/mol. The molecule has 0 atom stereocenters. The third-order valence-electron chi connectivity index (χ3n) is 3.32. The van der Waals surface area contributed by atoms with E-state index < -0.39 is 5.97 Å². The first kappa shape index (κ1) is 13.1. The summed E-state index contributed by atoms with van der Waals surface area (Å²) >= 11 is 0. The molecule has 1 aliphatic rings. The van der Waals surface area contributed by atoms with E-state index in [0.29, 0.717) is 5.56 Å². The Kier molecular flexibility index (Phi) is 4.37. The molecule has 0 aliphatic heterocycles. The van der Waals surface area contributed by atoms with Crippen LogP contribution in [-0.2, 0) is 9.78 Å². The zero-order valence-electron chi connectivity index (χ0n) is 10.9. The Morgan fingerprint density at radius 1 is 1.28 bits per heavy atom. The van der Waals surface area contributed by atoms with Crippen molar-refractivity contribution >= 4 is 5.97 Å². The van der Waals surface area contributed by atoms with Crippen molar-refractivity contribution in [1.29, 1.82) is 0 Å². The molecule has 18 heavy (non-hydrogen) atoms. The lowest BCUT2D eigenvalue weighted by molar-refractivity contribution is -0.240. The predicted molar refractivity (Wildman–Crippen MR) is 68.6 cm³/mol. The predicted octanol–water partition coefficient (Wildman–Crippen LogP) is 3.83. The normalized spacial score (nSPS) is 17.7. The third-order valence-corrected chi connectivity index (χ3v) is 3.32. The molecule has 0 bridgehead atoms. The molecule has 3 nitrogen and oxygen atoms in total. The van der Waals surface area contributed by atoms with E-state index in [-0.39, 0.29) is 0 Å². The highest BCUT2D eigenvalue weighted by Crippen LogP contribution is 2.30. The van der Waals surface area contributed by atoms with Gasteiger partial charge >= 0.3 is 5.97 Å². The minimum atomic E-state index is -0.426. The number of hydrogen-bond acceptors (Lipinski definition) is 3. The highest BCUT2D eigenvalue weighted by atomic mass is 17.2. The summed E-state index contributed by atoms with van der Waals surface area (Å²) in [4.78, 5) is 21.8. The summed E-state index contributed by atoms with van der Waals surface area (Å²) < 4.78 is 0. The summed E-state index contributed by atoms with van der Waals surface area (Å²) in [6, 6.07) is 7.29. The molecule has 1 aliphatic carbocycles. The van der Waals surface area contributed by atoms with E-state index in [9.17, 15) is 4.79 Å². The number of benzene rings is 1. The fourth-order valence-electron chi connectivity index (χ4n) is 2.08. The van der Waals surface area contributed by atoms with Crippen LogP contribution in [-0.4, -0.2) is 5.97 Å². The van der Waals surface area contributed by atoms with E-state index in [1.807, 2.05) is 19.1 Å². The van der Waals surface area contributed by atoms with Gasteiger partial charge in [-0.2, -0.15) is 4.89 Å². The maximum absolute atomic E-state index is 11.7. The van der Waals surface area contributed by atoms with Crippen molar-refractivity contribution < 1.29 is 14.6 Å². The second-order valence-electron chi connectivity index (χ2n) is 5.04. The van der Waals surface area contributed by atoms with Gasteiger partial charge in [-0.15, -0.1) is 0 Å². The molecule has 1 aromatic carbocycles. The first-order valence-corrected chi connectivity index (χ1v) is 6.45. The average molecular weight is 247 g/mol. The summed E-state index contributed by atoms with van der Waals surface area (Å²) in [5.41, 5.74) is 1.56. The van der Waals surface area contributed by atoms with Crippen LogP contribution in [0.25, 0.3) is 0 Å². The highest BCUT2D eigenvalue weighted by Gasteiger charge is 2.22. The van der Waals surface area contributed by atoms with E-state index in [2.05, 4.69) is 6.92 Å². The number of rotatable bonds is 3. The van der Waals surface area contributed by atoms with Crippen molar-refractivity contribution in [3.8, 4) is 0 Å². The average Bonchev–Trinajstić information content (AvgIpc) is 2.38. The van der Waals surface area contributed by atoms with Crippen molar-refractivity contribution in [2.45, 2.75) is 39.5 Å². The zero-order chi connectivity index (χ0) is 13.0. The summed E-state index contributed by atoms with van der Waals surface area (Å²) in [6.45, 7) is 4.17. The molecule has 0 amide bonds. The minimum absolute atomic E-state index is 0.426. The van der Waals surface area contributed by atoms with Gasteiger partial charge in [0.2, 0.25) is 0 Å². The van der Waals surface area contributed by atoms with Crippen LogP contribution in [0.15, 0.2) is 24.3 Å². The lowest BCUT2D eigenvalue weighted by atomic mass is 9.89. The van der Waals surface area contributed by atoms with Crippen LogP contribution < -0.4 is 0 Å². The number of aryl methyl sites for hydroxylation is 1. The van der Waals surface area contributed by atoms with Crippen molar-refractivity contribution in [2.75, 3.05) is 0 Å². The Morgan fingerprint density at radius 3 is 2.67 bits per heavy atom. The van der Waals surface area contributed by atoms with Gasteiger partial charge in [-0.05, 0) is 50.7 Å². The van der Waals surface area contributed by atoms with Gasteiger partial charge in [-0.25, -0.2) is 4.79 Å².